The van der Waals surface area contributed by atoms with Gasteiger partial charge in [0.25, 0.3) is 5.91 Å². The standard InChI is InChI=1S/C22H26N4O/c1-3-26-14-19(15(2)25-26)21-13-18(17-11-7-8-12-20(17)24-21)22(27)23-16-9-5-4-6-10-16/h7-8,11-14,16H,3-6,9-10H2,1-2H3,(H,23,27). The second-order valence-corrected chi connectivity index (χ2v) is 7.36. The van der Waals surface area contributed by atoms with Crippen molar-refractivity contribution in [2.24, 2.45) is 0 Å². The Morgan fingerprint density at radius 1 is 1.22 bits per heavy atom. The van der Waals surface area contributed by atoms with Crippen molar-refractivity contribution in [3.05, 3.63) is 47.8 Å². The van der Waals surface area contributed by atoms with Crippen LogP contribution >= 0.6 is 0 Å². The van der Waals surface area contributed by atoms with Crippen LogP contribution in [-0.2, 0) is 6.54 Å². The summed E-state index contributed by atoms with van der Waals surface area (Å²) in [5, 5.41) is 8.68. The van der Waals surface area contributed by atoms with Gasteiger partial charge in [0.15, 0.2) is 0 Å². The molecule has 1 N–H and O–H groups in total. The Morgan fingerprint density at radius 2 is 2.00 bits per heavy atom. The molecule has 1 fully saturated rings. The molecule has 0 radical (unpaired) electrons. The Morgan fingerprint density at radius 3 is 2.74 bits per heavy atom. The number of hydrogen-bond donors (Lipinski definition) is 1. The Kier molecular flexibility index (Phi) is 4.92. The number of nitrogens with zero attached hydrogens (tertiary/aromatic N) is 3. The quantitative estimate of drug-likeness (QED) is 0.744. The molecule has 1 saturated carbocycles. The van der Waals surface area contributed by atoms with Gasteiger partial charge in [-0.25, -0.2) is 4.98 Å². The summed E-state index contributed by atoms with van der Waals surface area (Å²) < 4.78 is 1.91. The van der Waals surface area contributed by atoms with Crippen molar-refractivity contribution >= 4 is 16.8 Å². The van der Waals surface area contributed by atoms with Crippen LogP contribution in [0.5, 0.6) is 0 Å². The van der Waals surface area contributed by atoms with E-state index in [1.165, 1.54) is 19.3 Å². The van der Waals surface area contributed by atoms with Crippen LogP contribution in [0.3, 0.4) is 0 Å². The topological polar surface area (TPSA) is 59.8 Å². The third kappa shape index (κ3) is 3.59. The summed E-state index contributed by atoms with van der Waals surface area (Å²) in [5.41, 5.74) is 4.25. The third-order valence-corrected chi connectivity index (χ3v) is 5.45. The van der Waals surface area contributed by atoms with Crippen molar-refractivity contribution in [1.82, 2.24) is 20.1 Å². The maximum atomic E-state index is 13.1. The van der Waals surface area contributed by atoms with Gasteiger partial charge < -0.3 is 5.32 Å². The molecule has 0 aliphatic heterocycles. The summed E-state index contributed by atoms with van der Waals surface area (Å²) in [6.45, 7) is 4.86. The SMILES string of the molecule is CCn1cc(-c2cc(C(=O)NC3CCCCC3)c3ccccc3n2)c(C)n1. The molecule has 4 rings (SSSR count). The van der Waals surface area contributed by atoms with Crippen molar-refractivity contribution in [2.75, 3.05) is 0 Å². The van der Waals surface area contributed by atoms with Gasteiger partial charge in [-0.05, 0) is 38.8 Å². The number of rotatable bonds is 4. The number of amides is 1. The highest BCUT2D eigenvalue weighted by Gasteiger charge is 2.20. The summed E-state index contributed by atoms with van der Waals surface area (Å²) in [4.78, 5) is 17.9. The predicted octanol–water partition coefficient (Wildman–Crippen LogP) is 4.49. The number of nitrogens with one attached hydrogen (secondary N) is 1. The normalized spacial score (nSPS) is 15.2. The Labute approximate surface area is 159 Å². The number of aryl methyl sites for hydroxylation is 2. The van der Waals surface area contributed by atoms with Crippen molar-refractivity contribution < 1.29 is 4.79 Å². The van der Waals surface area contributed by atoms with E-state index in [1.54, 1.807) is 0 Å². The number of benzene rings is 1. The lowest BCUT2D eigenvalue weighted by Gasteiger charge is -2.23. The molecule has 0 bridgehead atoms. The first-order chi connectivity index (χ1) is 13.2. The van der Waals surface area contributed by atoms with E-state index in [9.17, 15) is 4.79 Å². The number of pyridine rings is 1. The predicted molar refractivity (Wildman–Crippen MR) is 108 cm³/mol. The Hall–Kier alpha value is -2.69. The van der Waals surface area contributed by atoms with Crippen LogP contribution in [0.2, 0.25) is 0 Å². The molecule has 1 aliphatic rings. The number of carbonyl (C=O) groups is 1. The van der Waals surface area contributed by atoms with Crippen molar-refractivity contribution in [2.45, 2.75) is 58.5 Å². The Balaban J connectivity index is 1.76. The molecule has 2 aromatic heterocycles. The minimum Gasteiger partial charge on any atom is -0.349 e. The second kappa shape index (κ2) is 7.51. The maximum absolute atomic E-state index is 13.1. The van der Waals surface area contributed by atoms with Gasteiger partial charge >= 0.3 is 0 Å². The number of para-hydroxylation sites is 1. The molecule has 5 heteroatoms. The molecule has 1 aliphatic carbocycles. The first-order valence-corrected chi connectivity index (χ1v) is 9.91. The van der Waals surface area contributed by atoms with Gasteiger partial charge in [0, 0.05) is 29.7 Å². The molecule has 0 unspecified atom stereocenters. The lowest BCUT2D eigenvalue weighted by Crippen LogP contribution is -2.36. The third-order valence-electron chi connectivity index (χ3n) is 5.45. The average Bonchev–Trinajstić information content (AvgIpc) is 3.08. The zero-order chi connectivity index (χ0) is 18.8. The molecule has 0 saturated heterocycles. The number of hydrogen-bond acceptors (Lipinski definition) is 3. The van der Waals surface area contributed by atoms with Gasteiger partial charge in [0.05, 0.1) is 22.5 Å². The molecule has 3 aromatic rings. The van der Waals surface area contributed by atoms with Crippen molar-refractivity contribution in [3.8, 4) is 11.3 Å². The maximum Gasteiger partial charge on any atom is 0.252 e. The molecule has 0 atom stereocenters. The smallest absolute Gasteiger partial charge is 0.252 e. The van der Waals surface area contributed by atoms with Crippen LogP contribution in [0.15, 0.2) is 36.5 Å². The molecule has 1 amide bonds. The highest BCUT2D eigenvalue weighted by molar-refractivity contribution is 6.07. The highest BCUT2D eigenvalue weighted by Crippen LogP contribution is 2.27. The van der Waals surface area contributed by atoms with Crippen LogP contribution < -0.4 is 5.32 Å². The van der Waals surface area contributed by atoms with Gasteiger partial charge in [-0.15, -0.1) is 0 Å². The zero-order valence-electron chi connectivity index (χ0n) is 16.0. The molecule has 0 spiro atoms. The number of fused-ring (bicyclic) bond motifs is 1. The molecule has 1 aromatic carbocycles. The zero-order valence-corrected chi connectivity index (χ0v) is 16.0. The van der Waals surface area contributed by atoms with Gasteiger partial charge in [-0.3, -0.25) is 9.48 Å². The Bertz CT molecular complexity index is 970. The molecule has 2 heterocycles. The second-order valence-electron chi connectivity index (χ2n) is 7.36. The number of aromatic nitrogens is 3. The highest BCUT2D eigenvalue weighted by atomic mass is 16.1. The molecular weight excluding hydrogens is 336 g/mol. The summed E-state index contributed by atoms with van der Waals surface area (Å²) in [6.07, 6.45) is 7.82. The van der Waals surface area contributed by atoms with E-state index in [0.717, 1.165) is 47.2 Å². The fourth-order valence-corrected chi connectivity index (χ4v) is 3.94. The lowest BCUT2D eigenvalue weighted by molar-refractivity contribution is 0.0929. The lowest BCUT2D eigenvalue weighted by atomic mass is 9.95. The van der Waals surface area contributed by atoms with Crippen LogP contribution in [0.4, 0.5) is 0 Å². The van der Waals surface area contributed by atoms with Gasteiger partial charge in [0.1, 0.15) is 0 Å². The summed E-state index contributed by atoms with van der Waals surface area (Å²) in [5.74, 6) is 0.00212. The van der Waals surface area contributed by atoms with Crippen LogP contribution in [0, 0.1) is 6.92 Å². The van der Waals surface area contributed by atoms with E-state index in [1.807, 2.05) is 48.1 Å². The van der Waals surface area contributed by atoms with E-state index in [4.69, 9.17) is 4.98 Å². The number of carbonyl (C=O) groups excluding carboxylic acids is 1. The summed E-state index contributed by atoms with van der Waals surface area (Å²) in [7, 11) is 0. The van der Waals surface area contributed by atoms with Crippen molar-refractivity contribution in [3.63, 3.8) is 0 Å². The van der Waals surface area contributed by atoms with Gasteiger partial charge in [-0.2, -0.15) is 5.10 Å². The molecule has 140 valence electrons. The first kappa shape index (κ1) is 17.7. The molecule has 5 nitrogen and oxygen atoms in total. The van der Waals surface area contributed by atoms with E-state index in [2.05, 4.69) is 17.3 Å². The van der Waals surface area contributed by atoms with E-state index < -0.39 is 0 Å². The minimum absolute atomic E-state index is 0.00212. The van der Waals surface area contributed by atoms with Crippen LogP contribution in [-0.4, -0.2) is 26.7 Å². The molecular formula is C22H26N4O. The summed E-state index contributed by atoms with van der Waals surface area (Å²) >= 11 is 0. The minimum atomic E-state index is 0.00212. The monoisotopic (exact) mass is 362 g/mol. The largest absolute Gasteiger partial charge is 0.349 e. The van der Waals surface area contributed by atoms with Crippen LogP contribution in [0.1, 0.15) is 55.1 Å². The van der Waals surface area contributed by atoms with E-state index in [-0.39, 0.29) is 11.9 Å². The fourth-order valence-electron chi connectivity index (χ4n) is 3.94. The molecule has 27 heavy (non-hydrogen) atoms. The van der Waals surface area contributed by atoms with E-state index >= 15 is 0 Å². The van der Waals surface area contributed by atoms with E-state index in [0.29, 0.717) is 5.56 Å². The van der Waals surface area contributed by atoms with Gasteiger partial charge in [0.2, 0.25) is 0 Å². The van der Waals surface area contributed by atoms with Crippen molar-refractivity contribution in [1.29, 1.82) is 0 Å². The fraction of sp³-hybridized carbons (Fsp3) is 0.409. The first-order valence-electron chi connectivity index (χ1n) is 9.91. The van der Waals surface area contributed by atoms with Crippen LogP contribution in [0.25, 0.3) is 22.2 Å². The average molecular weight is 362 g/mol. The van der Waals surface area contributed by atoms with Gasteiger partial charge in [-0.1, -0.05) is 37.5 Å². The summed E-state index contributed by atoms with van der Waals surface area (Å²) in [6, 6.07) is 10.1.